The highest BCUT2D eigenvalue weighted by molar-refractivity contribution is 5.24. The summed E-state index contributed by atoms with van der Waals surface area (Å²) in [5, 5.41) is 8.33. The first kappa shape index (κ1) is 12.2. The van der Waals surface area contributed by atoms with Crippen LogP contribution in [0.5, 0.6) is 0 Å². The first-order valence-corrected chi connectivity index (χ1v) is 7.61. The average molecular weight is 247 g/mol. The Kier molecular flexibility index (Phi) is 3.42. The summed E-state index contributed by atoms with van der Waals surface area (Å²) in [5.41, 5.74) is 2.99. The summed E-state index contributed by atoms with van der Waals surface area (Å²) in [6, 6.07) is 1.14. The van der Waals surface area contributed by atoms with E-state index < -0.39 is 0 Å². The van der Waals surface area contributed by atoms with Crippen LogP contribution >= 0.6 is 0 Å². The lowest BCUT2D eigenvalue weighted by atomic mass is 10.1. The van der Waals surface area contributed by atoms with Crippen molar-refractivity contribution < 1.29 is 0 Å². The maximum absolute atomic E-state index is 4.71. The van der Waals surface area contributed by atoms with Gasteiger partial charge in [-0.2, -0.15) is 5.10 Å². The van der Waals surface area contributed by atoms with E-state index in [1.54, 1.807) is 0 Å². The van der Waals surface area contributed by atoms with Crippen LogP contribution in [0.1, 0.15) is 69.3 Å². The van der Waals surface area contributed by atoms with Crippen LogP contribution in [0.2, 0.25) is 0 Å². The summed E-state index contributed by atoms with van der Waals surface area (Å²) in [4.78, 5) is 0. The molecule has 0 spiro atoms. The zero-order valence-corrected chi connectivity index (χ0v) is 11.7. The van der Waals surface area contributed by atoms with Crippen LogP contribution in [0.3, 0.4) is 0 Å². The summed E-state index contributed by atoms with van der Waals surface area (Å²) >= 11 is 0. The Balaban J connectivity index is 1.89. The predicted molar refractivity (Wildman–Crippen MR) is 73.6 cm³/mol. The fourth-order valence-corrected chi connectivity index (χ4v) is 3.33. The monoisotopic (exact) mass is 247 g/mol. The van der Waals surface area contributed by atoms with Gasteiger partial charge in [0.05, 0.1) is 12.2 Å². The number of hydrogen-bond donors (Lipinski definition) is 1. The molecule has 0 bridgehead atoms. The van der Waals surface area contributed by atoms with E-state index in [4.69, 9.17) is 5.10 Å². The summed E-state index contributed by atoms with van der Waals surface area (Å²) in [7, 11) is 0. The van der Waals surface area contributed by atoms with Crippen LogP contribution in [0.25, 0.3) is 0 Å². The van der Waals surface area contributed by atoms with Crippen LogP contribution < -0.4 is 5.32 Å². The Bertz CT molecular complexity index is 406. The average Bonchev–Trinajstić information content (AvgIpc) is 3.15. The Morgan fingerprint density at radius 2 is 2.22 bits per heavy atom. The van der Waals surface area contributed by atoms with Crippen molar-refractivity contribution in [2.75, 3.05) is 6.54 Å². The van der Waals surface area contributed by atoms with E-state index in [0.29, 0.717) is 12.1 Å². The third-order valence-electron chi connectivity index (χ3n) is 4.60. The standard InChI is InChI=1S/C15H25N3/c1-3-16-14-6-4-5-7-15-13(14)10-17-18(15)11(2)12-8-9-12/h10-12,14,16H,3-9H2,1-2H3. The fraction of sp³-hybridized carbons (Fsp3) is 0.800. The van der Waals surface area contributed by atoms with Gasteiger partial charge in [-0.05, 0) is 51.5 Å². The largest absolute Gasteiger partial charge is 0.310 e. The van der Waals surface area contributed by atoms with Crippen molar-refractivity contribution in [1.29, 1.82) is 0 Å². The number of hydrogen-bond acceptors (Lipinski definition) is 2. The first-order valence-electron chi connectivity index (χ1n) is 7.61. The molecular weight excluding hydrogens is 222 g/mol. The zero-order valence-electron chi connectivity index (χ0n) is 11.7. The van der Waals surface area contributed by atoms with Gasteiger partial charge in [0, 0.05) is 17.3 Å². The van der Waals surface area contributed by atoms with Crippen molar-refractivity contribution in [2.45, 2.75) is 64.5 Å². The van der Waals surface area contributed by atoms with Gasteiger partial charge in [0.25, 0.3) is 0 Å². The molecule has 2 aliphatic rings. The molecule has 0 amide bonds. The lowest BCUT2D eigenvalue weighted by Crippen LogP contribution is -2.21. The third kappa shape index (κ3) is 2.20. The molecule has 1 saturated carbocycles. The molecule has 0 radical (unpaired) electrons. The van der Waals surface area contributed by atoms with Gasteiger partial charge in [-0.25, -0.2) is 0 Å². The molecule has 1 fully saturated rings. The van der Waals surface area contributed by atoms with Crippen molar-refractivity contribution in [3.05, 3.63) is 17.5 Å². The lowest BCUT2D eigenvalue weighted by molar-refractivity contribution is 0.423. The third-order valence-corrected chi connectivity index (χ3v) is 4.60. The Morgan fingerprint density at radius 3 is 2.94 bits per heavy atom. The van der Waals surface area contributed by atoms with Gasteiger partial charge in [0.1, 0.15) is 0 Å². The van der Waals surface area contributed by atoms with Gasteiger partial charge >= 0.3 is 0 Å². The van der Waals surface area contributed by atoms with Crippen LogP contribution in [0.15, 0.2) is 6.20 Å². The highest BCUT2D eigenvalue weighted by atomic mass is 15.3. The molecular formula is C15H25N3. The molecule has 2 aliphatic carbocycles. The molecule has 1 aromatic heterocycles. The van der Waals surface area contributed by atoms with Crippen molar-refractivity contribution in [3.8, 4) is 0 Å². The van der Waals surface area contributed by atoms with E-state index in [9.17, 15) is 0 Å². The SMILES string of the molecule is CCNC1CCCCc2c1cnn2C(C)C1CC1. The van der Waals surface area contributed by atoms with Crippen LogP contribution in [0, 0.1) is 5.92 Å². The minimum absolute atomic E-state index is 0.535. The number of aromatic nitrogens is 2. The van der Waals surface area contributed by atoms with E-state index >= 15 is 0 Å². The lowest BCUT2D eigenvalue weighted by Gasteiger charge is -2.18. The molecule has 2 atom stereocenters. The first-order chi connectivity index (χ1) is 8.81. The second-order valence-corrected chi connectivity index (χ2v) is 5.93. The highest BCUT2D eigenvalue weighted by Crippen LogP contribution is 2.41. The van der Waals surface area contributed by atoms with E-state index in [-0.39, 0.29) is 0 Å². The van der Waals surface area contributed by atoms with Gasteiger partial charge in [-0.15, -0.1) is 0 Å². The number of fused-ring (bicyclic) bond motifs is 1. The summed E-state index contributed by atoms with van der Waals surface area (Å²) in [6.45, 7) is 5.59. The molecule has 18 heavy (non-hydrogen) atoms. The van der Waals surface area contributed by atoms with Gasteiger partial charge in [0.15, 0.2) is 0 Å². The number of nitrogens with zero attached hydrogens (tertiary/aromatic N) is 2. The molecule has 0 saturated heterocycles. The van der Waals surface area contributed by atoms with E-state index in [0.717, 1.165) is 12.5 Å². The Hall–Kier alpha value is -0.830. The second-order valence-electron chi connectivity index (χ2n) is 5.93. The minimum atomic E-state index is 0.535. The second kappa shape index (κ2) is 5.04. The summed E-state index contributed by atoms with van der Waals surface area (Å²) < 4.78 is 2.34. The molecule has 1 aromatic rings. The topological polar surface area (TPSA) is 29.9 Å². The van der Waals surface area contributed by atoms with Crippen molar-refractivity contribution >= 4 is 0 Å². The molecule has 1 N–H and O–H groups in total. The molecule has 3 rings (SSSR count). The summed E-state index contributed by atoms with van der Waals surface area (Å²) in [5.74, 6) is 0.884. The molecule has 100 valence electrons. The quantitative estimate of drug-likeness (QED) is 0.828. The highest BCUT2D eigenvalue weighted by Gasteiger charge is 2.32. The van der Waals surface area contributed by atoms with Crippen molar-refractivity contribution in [1.82, 2.24) is 15.1 Å². The molecule has 0 aliphatic heterocycles. The number of nitrogens with one attached hydrogen (secondary N) is 1. The van der Waals surface area contributed by atoms with Gasteiger partial charge in [0.2, 0.25) is 0 Å². The molecule has 0 aromatic carbocycles. The summed E-state index contributed by atoms with van der Waals surface area (Å²) in [6.07, 6.45) is 10.1. The van der Waals surface area contributed by atoms with Gasteiger partial charge < -0.3 is 5.32 Å². The molecule has 3 nitrogen and oxygen atoms in total. The van der Waals surface area contributed by atoms with Gasteiger partial charge in [-0.3, -0.25) is 4.68 Å². The van der Waals surface area contributed by atoms with Crippen molar-refractivity contribution in [2.24, 2.45) is 5.92 Å². The minimum Gasteiger partial charge on any atom is -0.310 e. The van der Waals surface area contributed by atoms with Crippen LogP contribution in [-0.4, -0.2) is 16.3 Å². The van der Waals surface area contributed by atoms with Crippen LogP contribution in [0.4, 0.5) is 0 Å². The molecule has 3 heteroatoms. The molecule has 2 unspecified atom stereocenters. The molecule has 1 heterocycles. The Labute approximate surface area is 110 Å². The Morgan fingerprint density at radius 1 is 1.39 bits per heavy atom. The number of rotatable bonds is 4. The van der Waals surface area contributed by atoms with E-state index in [2.05, 4.69) is 30.0 Å². The smallest absolute Gasteiger partial charge is 0.0540 e. The maximum Gasteiger partial charge on any atom is 0.0540 e. The van der Waals surface area contributed by atoms with Gasteiger partial charge in [-0.1, -0.05) is 13.3 Å². The normalized spacial score (nSPS) is 25.6. The van der Waals surface area contributed by atoms with Crippen LogP contribution in [-0.2, 0) is 6.42 Å². The van der Waals surface area contributed by atoms with E-state index in [1.807, 2.05) is 0 Å². The van der Waals surface area contributed by atoms with E-state index in [1.165, 1.54) is 49.8 Å². The maximum atomic E-state index is 4.71. The zero-order chi connectivity index (χ0) is 12.5. The fourth-order valence-electron chi connectivity index (χ4n) is 3.33. The predicted octanol–water partition coefficient (Wildman–Crippen LogP) is 3.23. The van der Waals surface area contributed by atoms with Crippen molar-refractivity contribution in [3.63, 3.8) is 0 Å².